The Hall–Kier alpha value is -1.35. The Kier molecular flexibility index (Phi) is 2.25. The summed E-state index contributed by atoms with van der Waals surface area (Å²) in [5.41, 5.74) is 2.56. The molecule has 0 bridgehead atoms. The van der Waals surface area contributed by atoms with E-state index in [4.69, 9.17) is 5.11 Å². The first-order valence-electron chi connectivity index (χ1n) is 4.76. The third kappa shape index (κ3) is 1.51. The van der Waals surface area contributed by atoms with Gasteiger partial charge in [0.05, 0.1) is 5.56 Å². The summed E-state index contributed by atoms with van der Waals surface area (Å²) < 4.78 is 0. The molecule has 1 aromatic rings. The van der Waals surface area contributed by atoms with Gasteiger partial charge in [-0.1, -0.05) is 12.1 Å². The molecule has 1 aliphatic heterocycles. The molecule has 1 atom stereocenters. The molecule has 1 unspecified atom stereocenters. The van der Waals surface area contributed by atoms with E-state index < -0.39 is 5.97 Å². The van der Waals surface area contributed by atoms with E-state index in [2.05, 4.69) is 12.2 Å². The van der Waals surface area contributed by atoms with Crippen LogP contribution >= 0.6 is 0 Å². The maximum atomic E-state index is 11.0. The van der Waals surface area contributed by atoms with E-state index in [0.29, 0.717) is 11.6 Å². The van der Waals surface area contributed by atoms with Gasteiger partial charge in [-0.3, -0.25) is 0 Å². The molecule has 0 spiro atoms. The number of benzene rings is 1. The zero-order chi connectivity index (χ0) is 10.1. The Bertz CT molecular complexity index is 374. The van der Waals surface area contributed by atoms with Crippen LogP contribution in [0.3, 0.4) is 0 Å². The average Bonchev–Trinajstić information content (AvgIpc) is 2.16. The third-order valence-electron chi connectivity index (χ3n) is 2.65. The Morgan fingerprint density at radius 2 is 2.36 bits per heavy atom. The molecule has 1 heterocycles. The molecule has 14 heavy (non-hydrogen) atoms. The van der Waals surface area contributed by atoms with Gasteiger partial charge in [0, 0.05) is 12.6 Å². The van der Waals surface area contributed by atoms with Gasteiger partial charge in [-0.2, -0.15) is 0 Å². The van der Waals surface area contributed by atoms with E-state index >= 15 is 0 Å². The standard InChI is InChI=1S/C11H13NO2/c1-7-5-10-8(6-12-7)3-2-4-9(10)11(13)14/h2-4,7,12H,5-6H2,1H3,(H,13,14). The van der Waals surface area contributed by atoms with E-state index in [-0.39, 0.29) is 0 Å². The van der Waals surface area contributed by atoms with Crippen LogP contribution in [0.4, 0.5) is 0 Å². The third-order valence-corrected chi connectivity index (χ3v) is 2.65. The van der Waals surface area contributed by atoms with E-state index in [9.17, 15) is 4.79 Å². The van der Waals surface area contributed by atoms with E-state index in [1.807, 2.05) is 6.07 Å². The largest absolute Gasteiger partial charge is 0.478 e. The second-order valence-corrected chi connectivity index (χ2v) is 3.73. The lowest BCUT2D eigenvalue weighted by Gasteiger charge is -2.24. The average molecular weight is 191 g/mol. The highest BCUT2D eigenvalue weighted by Crippen LogP contribution is 2.20. The highest BCUT2D eigenvalue weighted by Gasteiger charge is 2.19. The first-order valence-corrected chi connectivity index (χ1v) is 4.76. The van der Waals surface area contributed by atoms with Crippen molar-refractivity contribution >= 4 is 5.97 Å². The highest BCUT2D eigenvalue weighted by atomic mass is 16.4. The van der Waals surface area contributed by atoms with Gasteiger partial charge in [-0.25, -0.2) is 4.79 Å². The van der Waals surface area contributed by atoms with Gasteiger partial charge in [0.15, 0.2) is 0 Å². The van der Waals surface area contributed by atoms with Gasteiger partial charge in [0.2, 0.25) is 0 Å². The van der Waals surface area contributed by atoms with E-state index in [1.54, 1.807) is 12.1 Å². The number of rotatable bonds is 1. The van der Waals surface area contributed by atoms with Gasteiger partial charge in [-0.15, -0.1) is 0 Å². The SMILES string of the molecule is CC1Cc2c(cccc2C(=O)O)CN1. The number of hydrogen-bond donors (Lipinski definition) is 2. The van der Waals surface area contributed by atoms with Crippen LogP contribution in [0.1, 0.15) is 28.4 Å². The molecular weight excluding hydrogens is 178 g/mol. The van der Waals surface area contributed by atoms with Crippen molar-refractivity contribution < 1.29 is 9.90 Å². The minimum Gasteiger partial charge on any atom is -0.478 e. The molecule has 74 valence electrons. The molecule has 2 N–H and O–H groups in total. The van der Waals surface area contributed by atoms with Crippen LogP contribution in [0.2, 0.25) is 0 Å². The number of carboxylic acid groups (broad SMARTS) is 1. The van der Waals surface area contributed by atoms with Crippen molar-refractivity contribution in [1.29, 1.82) is 0 Å². The molecule has 3 nitrogen and oxygen atoms in total. The molecule has 0 saturated carbocycles. The maximum Gasteiger partial charge on any atom is 0.335 e. The van der Waals surface area contributed by atoms with Gasteiger partial charge >= 0.3 is 5.97 Å². The van der Waals surface area contributed by atoms with Crippen molar-refractivity contribution in [3.05, 3.63) is 34.9 Å². The Balaban J connectivity index is 2.48. The second kappa shape index (κ2) is 3.42. The molecule has 2 rings (SSSR count). The topological polar surface area (TPSA) is 49.3 Å². The van der Waals surface area contributed by atoms with Gasteiger partial charge in [-0.05, 0) is 30.5 Å². The number of carbonyl (C=O) groups is 1. The molecular formula is C11H13NO2. The summed E-state index contributed by atoms with van der Waals surface area (Å²) >= 11 is 0. The lowest BCUT2D eigenvalue weighted by molar-refractivity contribution is 0.0695. The molecule has 1 aromatic carbocycles. The van der Waals surface area contributed by atoms with Crippen molar-refractivity contribution in [3.63, 3.8) is 0 Å². The minimum absolute atomic E-state index is 0.364. The maximum absolute atomic E-state index is 11.0. The fraction of sp³-hybridized carbons (Fsp3) is 0.364. The first kappa shape index (κ1) is 9.21. The van der Waals surface area contributed by atoms with Crippen LogP contribution in [0.5, 0.6) is 0 Å². The van der Waals surface area contributed by atoms with Crippen LogP contribution < -0.4 is 5.32 Å². The molecule has 1 aliphatic rings. The molecule has 0 aromatic heterocycles. The fourth-order valence-corrected chi connectivity index (χ4v) is 1.90. The van der Waals surface area contributed by atoms with E-state index in [0.717, 1.165) is 24.1 Å². The van der Waals surface area contributed by atoms with Crippen molar-refractivity contribution in [2.75, 3.05) is 0 Å². The normalized spacial score (nSPS) is 20.2. The van der Waals surface area contributed by atoms with Gasteiger partial charge in [0.1, 0.15) is 0 Å². The van der Waals surface area contributed by atoms with E-state index in [1.165, 1.54) is 0 Å². The molecule has 0 amide bonds. The molecule has 0 fully saturated rings. The van der Waals surface area contributed by atoms with Gasteiger partial charge < -0.3 is 10.4 Å². The molecule has 0 saturated heterocycles. The summed E-state index contributed by atoms with van der Waals surface area (Å²) in [5, 5.41) is 12.3. The predicted molar refractivity (Wildman–Crippen MR) is 53.4 cm³/mol. The predicted octanol–water partition coefficient (Wildman–Crippen LogP) is 1.42. The van der Waals surface area contributed by atoms with Crippen LogP contribution in [0, 0.1) is 0 Å². The second-order valence-electron chi connectivity index (χ2n) is 3.73. The number of hydrogen-bond acceptors (Lipinski definition) is 2. The van der Waals surface area contributed by atoms with Crippen LogP contribution in [0.15, 0.2) is 18.2 Å². The quantitative estimate of drug-likeness (QED) is 0.705. The van der Waals surface area contributed by atoms with Crippen molar-refractivity contribution in [2.45, 2.75) is 25.9 Å². The smallest absolute Gasteiger partial charge is 0.335 e. The van der Waals surface area contributed by atoms with Crippen LogP contribution in [0.25, 0.3) is 0 Å². The molecule has 3 heteroatoms. The zero-order valence-electron chi connectivity index (χ0n) is 8.08. The first-order chi connectivity index (χ1) is 6.68. The number of fused-ring (bicyclic) bond motifs is 1. The minimum atomic E-state index is -0.823. The zero-order valence-corrected chi connectivity index (χ0v) is 8.08. The van der Waals surface area contributed by atoms with Crippen LogP contribution in [-0.4, -0.2) is 17.1 Å². The Morgan fingerprint density at radius 3 is 3.07 bits per heavy atom. The Morgan fingerprint density at radius 1 is 1.57 bits per heavy atom. The number of carboxylic acids is 1. The number of nitrogens with one attached hydrogen (secondary N) is 1. The van der Waals surface area contributed by atoms with Gasteiger partial charge in [0.25, 0.3) is 0 Å². The van der Waals surface area contributed by atoms with Crippen molar-refractivity contribution in [2.24, 2.45) is 0 Å². The highest BCUT2D eigenvalue weighted by molar-refractivity contribution is 5.89. The summed E-state index contributed by atoms with van der Waals surface area (Å²) in [6.45, 7) is 2.85. The lowest BCUT2D eigenvalue weighted by Crippen LogP contribution is -2.33. The van der Waals surface area contributed by atoms with Crippen molar-refractivity contribution in [3.8, 4) is 0 Å². The lowest BCUT2D eigenvalue weighted by atomic mass is 9.92. The summed E-state index contributed by atoms with van der Waals surface area (Å²) in [4.78, 5) is 11.0. The number of aromatic carboxylic acids is 1. The van der Waals surface area contributed by atoms with Crippen LogP contribution in [-0.2, 0) is 13.0 Å². The monoisotopic (exact) mass is 191 g/mol. The summed E-state index contributed by atoms with van der Waals surface area (Å²) in [5.74, 6) is -0.823. The molecule has 0 aliphatic carbocycles. The fourth-order valence-electron chi connectivity index (χ4n) is 1.90. The molecule has 0 radical (unpaired) electrons. The summed E-state index contributed by atoms with van der Waals surface area (Å²) in [6, 6.07) is 5.84. The van der Waals surface area contributed by atoms with Crippen molar-refractivity contribution in [1.82, 2.24) is 5.32 Å². The summed E-state index contributed by atoms with van der Waals surface area (Å²) in [6.07, 6.45) is 0.803. The summed E-state index contributed by atoms with van der Waals surface area (Å²) in [7, 11) is 0. The Labute approximate surface area is 82.8 Å².